The number of benzene rings is 2. The second-order valence-electron chi connectivity index (χ2n) is 5.67. The largest absolute Gasteiger partial charge is 0.372 e. The van der Waals surface area contributed by atoms with Gasteiger partial charge in [-0.15, -0.1) is 0 Å². The van der Waals surface area contributed by atoms with Crippen LogP contribution in [0.3, 0.4) is 0 Å². The molecule has 0 unspecified atom stereocenters. The van der Waals surface area contributed by atoms with Crippen molar-refractivity contribution in [3.8, 4) is 0 Å². The van der Waals surface area contributed by atoms with Crippen molar-refractivity contribution in [2.75, 3.05) is 22.7 Å². The molecule has 4 nitrogen and oxygen atoms in total. The minimum absolute atomic E-state index is 0.580. The molecule has 0 aliphatic heterocycles. The third kappa shape index (κ3) is 5.51. The number of sulfonamides is 1. The number of nitrogens with zero attached hydrogens (tertiary/aromatic N) is 1. The fraction of sp³-hybridized carbons (Fsp3) is 0.263. The van der Waals surface area contributed by atoms with E-state index in [9.17, 15) is 8.42 Å². The summed E-state index contributed by atoms with van der Waals surface area (Å²) < 4.78 is 27.2. The Morgan fingerprint density at radius 1 is 1.08 bits per heavy atom. The summed E-state index contributed by atoms with van der Waals surface area (Å²) in [5.41, 5.74) is 3.31. The Hall–Kier alpha value is -1.98. The Balaban J connectivity index is 2.15. The second-order valence-corrected chi connectivity index (χ2v) is 7.68. The Morgan fingerprint density at radius 3 is 2.28 bits per heavy atom. The van der Waals surface area contributed by atoms with Gasteiger partial charge in [0.15, 0.2) is 0 Å². The van der Waals surface area contributed by atoms with E-state index in [1.165, 1.54) is 6.08 Å². The van der Waals surface area contributed by atoms with Crippen LogP contribution in [0.4, 0.5) is 11.4 Å². The molecule has 0 saturated carbocycles. The molecule has 0 atom stereocenters. The van der Waals surface area contributed by atoms with Gasteiger partial charge in [-0.2, -0.15) is 0 Å². The molecule has 134 valence electrons. The van der Waals surface area contributed by atoms with Crippen LogP contribution in [0.25, 0.3) is 6.08 Å². The van der Waals surface area contributed by atoms with E-state index < -0.39 is 10.0 Å². The van der Waals surface area contributed by atoms with Crippen LogP contribution >= 0.6 is 11.6 Å². The number of anilines is 2. The number of halogens is 1. The van der Waals surface area contributed by atoms with Gasteiger partial charge < -0.3 is 4.90 Å². The number of hydrogen-bond donors (Lipinski definition) is 1. The first-order valence-electron chi connectivity index (χ1n) is 8.16. The van der Waals surface area contributed by atoms with Crippen molar-refractivity contribution in [3.05, 3.63) is 64.0 Å². The monoisotopic (exact) mass is 378 g/mol. The standard InChI is InChI=1S/C19H23ClN2O2S/c1-4-22(5-2)18-10-11-19(15(3)14-18)21-25(23,24)13-12-16-6-8-17(20)9-7-16/h6-14,21H,4-5H2,1-3H3. The first kappa shape index (κ1) is 19.3. The highest BCUT2D eigenvalue weighted by molar-refractivity contribution is 7.95. The average molecular weight is 379 g/mol. The lowest BCUT2D eigenvalue weighted by Gasteiger charge is -2.22. The number of nitrogens with one attached hydrogen (secondary N) is 1. The fourth-order valence-corrected chi connectivity index (χ4v) is 3.54. The van der Waals surface area contributed by atoms with Crippen LogP contribution < -0.4 is 9.62 Å². The van der Waals surface area contributed by atoms with E-state index in [-0.39, 0.29) is 0 Å². The third-order valence-electron chi connectivity index (χ3n) is 3.90. The zero-order chi connectivity index (χ0) is 18.4. The summed E-state index contributed by atoms with van der Waals surface area (Å²) in [6, 6.07) is 12.7. The third-order valence-corrected chi connectivity index (χ3v) is 5.15. The van der Waals surface area contributed by atoms with Crippen molar-refractivity contribution >= 4 is 39.1 Å². The van der Waals surface area contributed by atoms with Gasteiger partial charge in [0, 0.05) is 23.8 Å². The SMILES string of the molecule is CCN(CC)c1ccc(NS(=O)(=O)C=Cc2ccc(Cl)cc2)c(C)c1. The number of aryl methyl sites for hydroxylation is 1. The Morgan fingerprint density at radius 2 is 1.72 bits per heavy atom. The molecule has 0 heterocycles. The molecule has 0 bridgehead atoms. The van der Waals surface area contributed by atoms with Crippen LogP contribution in [0, 0.1) is 6.92 Å². The van der Waals surface area contributed by atoms with Gasteiger partial charge in [0.05, 0.1) is 11.1 Å². The molecule has 0 spiro atoms. The Kier molecular flexibility index (Phi) is 6.51. The van der Waals surface area contributed by atoms with Crippen LogP contribution in [-0.2, 0) is 10.0 Å². The summed E-state index contributed by atoms with van der Waals surface area (Å²) in [4.78, 5) is 2.21. The molecular weight excluding hydrogens is 356 g/mol. The smallest absolute Gasteiger partial charge is 0.255 e. The normalized spacial score (nSPS) is 11.7. The molecule has 0 radical (unpaired) electrons. The molecule has 6 heteroatoms. The van der Waals surface area contributed by atoms with Gasteiger partial charge in [0.1, 0.15) is 0 Å². The lowest BCUT2D eigenvalue weighted by molar-refractivity contribution is 0.609. The van der Waals surface area contributed by atoms with Crippen molar-refractivity contribution in [2.24, 2.45) is 0 Å². The van der Waals surface area contributed by atoms with Gasteiger partial charge in [0.25, 0.3) is 10.0 Å². The maximum Gasteiger partial charge on any atom is 0.255 e. The van der Waals surface area contributed by atoms with E-state index in [2.05, 4.69) is 23.5 Å². The summed E-state index contributed by atoms with van der Waals surface area (Å²) in [6.45, 7) is 7.90. The average Bonchev–Trinajstić information content (AvgIpc) is 2.58. The van der Waals surface area contributed by atoms with Crippen LogP contribution in [0.15, 0.2) is 47.9 Å². The van der Waals surface area contributed by atoms with Crippen LogP contribution in [0.2, 0.25) is 5.02 Å². The van der Waals surface area contributed by atoms with E-state index in [0.29, 0.717) is 10.7 Å². The van der Waals surface area contributed by atoms with E-state index in [1.807, 2.05) is 19.1 Å². The molecule has 1 N–H and O–H groups in total. The second kappa shape index (κ2) is 8.41. The molecule has 25 heavy (non-hydrogen) atoms. The highest BCUT2D eigenvalue weighted by Crippen LogP contribution is 2.24. The fourth-order valence-electron chi connectivity index (χ4n) is 2.48. The molecule has 0 aliphatic carbocycles. The molecule has 2 rings (SSSR count). The molecule has 0 aromatic heterocycles. The Labute approximate surface area is 155 Å². The number of rotatable bonds is 7. The summed E-state index contributed by atoms with van der Waals surface area (Å²) in [5.74, 6) is 0. The van der Waals surface area contributed by atoms with Gasteiger partial charge in [-0.25, -0.2) is 8.42 Å². The van der Waals surface area contributed by atoms with E-state index >= 15 is 0 Å². The Bertz CT molecular complexity index is 842. The molecule has 0 aliphatic rings. The van der Waals surface area contributed by atoms with Crippen LogP contribution in [0.1, 0.15) is 25.0 Å². The maximum absolute atomic E-state index is 12.3. The number of hydrogen-bond acceptors (Lipinski definition) is 3. The van der Waals surface area contributed by atoms with Gasteiger partial charge in [0.2, 0.25) is 0 Å². The first-order chi connectivity index (χ1) is 11.8. The zero-order valence-corrected chi connectivity index (χ0v) is 16.2. The van der Waals surface area contributed by atoms with E-state index in [4.69, 9.17) is 11.6 Å². The predicted molar refractivity (Wildman–Crippen MR) is 108 cm³/mol. The molecule has 0 saturated heterocycles. The lowest BCUT2D eigenvalue weighted by Crippen LogP contribution is -2.22. The van der Waals surface area contributed by atoms with Crippen molar-refractivity contribution < 1.29 is 8.42 Å². The minimum atomic E-state index is -3.59. The van der Waals surface area contributed by atoms with Gasteiger partial charge in [-0.1, -0.05) is 23.7 Å². The summed E-state index contributed by atoms with van der Waals surface area (Å²) in [6.07, 6.45) is 1.54. The molecule has 2 aromatic carbocycles. The highest BCUT2D eigenvalue weighted by atomic mass is 35.5. The van der Waals surface area contributed by atoms with Gasteiger partial charge in [-0.3, -0.25) is 4.72 Å². The van der Waals surface area contributed by atoms with Crippen molar-refractivity contribution in [2.45, 2.75) is 20.8 Å². The summed E-state index contributed by atoms with van der Waals surface area (Å²) >= 11 is 5.82. The van der Waals surface area contributed by atoms with Crippen molar-refractivity contribution in [1.82, 2.24) is 0 Å². The molecule has 2 aromatic rings. The highest BCUT2D eigenvalue weighted by Gasteiger charge is 2.10. The van der Waals surface area contributed by atoms with Crippen molar-refractivity contribution in [1.29, 1.82) is 0 Å². The topological polar surface area (TPSA) is 49.4 Å². The lowest BCUT2D eigenvalue weighted by atomic mass is 10.1. The van der Waals surface area contributed by atoms with Crippen LogP contribution in [0.5, 0.6) is 0 Å². The molecule has 0 amide bonds. The summed E-state index contributed by atoms with van der Waals surface area (Å²) in [7, 11) is -3.59. The minimum Gasteiger partial charge on any atom is -0.372 e. The van der Waals surface area contributed by atoms with E-state index in [1.54, 1.807) is 30.3 Å². The van der Waals surface area contributed by atoms with Gasteiger partial charge in [-0.05, 0) is 68.3 Å². The quantitative estimate of drug-likeness (QED) is 0.744. The van der Waals surface area contributed by atoms with Crippen LogP contribution in [-0.4, -0.2) is 21.5 Å². The molecule has 0 fully saturated rings. The van der Waals surface area contributed by atoms with Gasteiger partial charge >= 0.3 is 0 Å². The predicted octanol–water partition coefficient (Wildman–Crippen LogP) is 4.91. The molecular formula is C19H23ClN2O2S. The first-order valence-corrected chi connectivity index (χ1v) is 10.1. The van der Waals surface area contributed by atoms with E-state index in [0.717, 1.165) is 35.3 Å². The summed E-state index contributed by atoms with van der Waals surface area (Å²) in [5, 5.41) is 1.77. The maximum atomic E-state index is 12.3. The van der Waals surface area contributed by atoms with Crippen molar-refractivity contribution in [3.63, 3.8) is 0 Å². The zero-order valence-electron chi connectivity index (χ0n) is 14.7.